The highest BCUT2D eigenvalue weighted by Crippen LogP contribution is 2.27. The summed E-state index contributed by atoms with van der Waals surface area (Å²) in [5.41, 5.74) is 2.01. The van der Waals surface area contributed by atoms with Crippen LogP contribution in [0.1, 0.15) is 11.1 Å². The highest BCUT2D eigenvalue weighted by atomic mass is 16.6. The number of benzene rings is 2. The Morgan fingerprint density at radius 3 is 2.70 bits per heavy atom. The van der Waals surface area contributed by atoms with Gasteiger partial charge in [-0.1, -0.05) is 0 Å². The van der Waals surface area contributed by atoms with E-state index in [-0.39, 0.29) is 22.7 Å². The van der Waals surface area contributed by atoms with E-state index >= 15 is 0 Å². The minimum Gasteiger partial charge on any atom is -0.507 e. The van der Waals surface area contributed by atoms with Crippen LogP contribution in [0.15, 0.2) is 40.1 Å². The molecule has 3 rings (SSSR count). The molecule has 116 valence electrons. The molecular formula is C15H12N4O4. The van der Waals surface area contributed by atoms with Crippen molar-refractivity contribution >= 4 is 28.6 Å². The molecular weight excluding hydrogens is 300 g/mol. The number of aliphatic imine (C=N–C) groups is 1. The predicted octanol–water partition coefficient (Wildman–Crippen LogP) is 2.53. The number of nitro groups is 1. The molecule has 0 saturated heterocycles. The first kappa shape index (κ1) is 14.5. The lowest BCUT2D eigenvalue weighted by Crippen LogP contribution is -1.99. The van der Waals surface area contributed by atoms with Crippen LogP contribution in [0.2, 0.25) is 0 Å². The number of aryl methyl sites for hydroxylation is 1. The second-order valence-electron chi connectivity index (χ2n) is 5.02. The van der Waals surface area contributed by atoms with Crippen molar-refractivity contribution in [3.8, 4) is 5.75 Å². The third-order valence-electron chi connectivity index (χ3n) is 3.38. The topological polar surface area (TPSA) is 124 Å². The molecule has 0 aliphatic heterocycles. The Balaban J connectivity index is 2.00. The number of nitrogens with zero attached hydrogens (tertiary/aromatic N) is 2. The maximum Gasteiger partial charge on any atom is 0.323 e. The van der Waals surface area contributed by atoms with E-state index in [4.69, 9.17) is 0 Å². The average Bonchev–Trinajstić information content (AvgIpc) is 2.87. The number of phenolic OH excluding ortho intramolecular Hbond substituents is 1. The number of aromatic nitrogens is 2. The third-order valence-corrected chi connectivity index (χ3v) is 3.38. The first-order chi connectivity index (χ1) is 10.9. The number of nitro benzene ring substituents is 1. The molecule has 23 heavy (non-hydrogen) atoms. The van der Waals surface area contributed by atoms with Crippen molar-refractivity contribution in [1.29, 1.82) is 0 Å². The van der Waals surface area contributed by atoms with Gasteiger partial charge in [0.2, 0.25) is 0 Å². The van der Waals surface area contributed by atoms with Gasteiger partial charge in [-0.15, -0.1) is 0 Å². The van der Waals surface area contributed by atoms with E-state index in [1.807, 2.05) is 0 Å². The molecule has 0 atom stereocenters. The number of fused-ring (bicyclic) bond motifs is 1. The molecule has 3 aromatic rings. The first-order valence-electron chi connectivity index (χ1n) is 6.68. The van der Waals surface area contributed by atoms with Crippen LogP contribution >= 0.6 is 0 Å². The maximum absolute atomic E-state index is 11.2. The summed E-state index contributed by atoms with van der Waals surface area (Å²) >= 11 is 0. The number of H-pyrrole nitrogens is 2. The molecule has 3 N–H and O–H groups in total. The molecule has 0 aliphatic rings. The average molecular weight is 312 g/mol. The summed E-state index contributed by atoms with van der Waals surface area (Å²) in [6, 6.07) is 7.58. The molecule has 0 radical (unpaired) electrons. The van der Waals surface area contributed by atoms with Gasteiger partial charge in [-0.25, -0.2) is 4.79 Å². The SMILES string of the molecule is Cc1cc([N+](=O)[O-])cc(C=Nc2ccc3[nH]c(=O)[nH]c3c2)c1O. The van der Waals surface area contributed by atoms with Crippen LogP contribution in [-0.2, 0) is 0 Å². The van der Waals surface area contributed by atoms with E-state index in [9.17, 15) is 20.0 Å². The van der Waals surface area contributed by atoms with Crippen LogP contribution in [0, 0.1) is 17.0 Å². The summed E-state index contributed by atoms with van der Waals surface area (Å²) in [7, 11) is 0. The Kier molecular flexibility index (Phi) is 3.41. The second kappa shape index (κ2) is 5.41. The quantitative estimate of drug-likeness (QED) is 0.390. The van der Waals surface area contributed by atoms with Gasteiger partial charge in [0.05, 0.1) is 21.6 Å². The van der Waals surface area contributed by atoms with Gasteiger partial charge in [0.15, 0.2) is 0 Å². The largest absolute Gasteiger partial charge is 0.507 e. The van der Waals surface area contributed by atoms with E-state index < -0.39 is 4.92 Å². The van der Waals surface area contributed by atoms with Gasteiger partial charge in [0.1, 0.15) is 5.75 Å². The minimum absolute atomic E-state index is 0.0597. The van der Waals surface area contributed by atoms with Crippen molar-refractivity contribution < 1.29 is 10.0 Å². The number of non-ortho nitro benzene ring substituents is 1. The summed E-state index contributed by atoms with van der Waals surface area (Å²) in [6.45, 7) is 1.58. The van der Waals surface area contributed by atoms with Crippen LogP contribution in [0.4, 0.5) is 11.4 Å². The Morgan fingerprint density at radius 1 is 1.22 bits per heavy atom. The van der Waals surface area contributed by atoms with Gasteiger partial charge in [-0.2, -0.15) is 0 Å². The van der Waals surface area contributed by atoms with Gasteiger partial charge in [-0.3, -0.25) is 15.1 Å². The first-order valence-corrected chi connectivity index (χ1v) is 6.68. The van der Waals surface area contributed by atoms with E-state index in [1.54, 1.807) is 25.1 Å². The zero-order valence-electron chi connectivity index (χ0n) is 12.0. The maximum atomic E-state index is 11.2. The standard InChI is InChI=1S/C15H12N4O4/c1-8-4-11(19(22)23)5-9(14(8)20)7-16-10-2-3-12-13(6-10)18-15(21)17-12/h2-7,20H,1H3,(H2,17,18,21). The smallest absolute Gasteiger partial charge is 0.323 e. The van der Waals surface area contributed by atoms with Crippen molar-refractivity contribution in [2.75, 3.05) is 0 Å². The van der Waals surface area contributed by atoms with Crippen LogP contribution in [0.3, 0.4) is 0 Å². The Morgan fingerprint density at radius 2 is 1.96 bits per heavy atom. The van der Waals surface area contributed by atoms with E-state index in [2.05, 4.69) is 15.0 Å². The van der Waals surface area contributed by atoms with Crippen LogP contribution in [0.5, 0.6) is 5.75 Å². The number of hydrogen-bond acceptors (Lipinski definition) is 5. The van der Waals surface area contributed by atoms with E-state index in [0.29, 0.717) is 22.3 Å². The molecule has 0 aliphatic carbocycles. The normalized spacial score (nSPS) is 11.3. The fourth-order valence-corrected chi connectivity index (χ4v) is 2.24. The van der Waals surface area contributed by atoms with Crippen molar-refractivity contribution in [3.63, 3.8) is 0 Å². The zero-order valence-corrected chi connectivity index (χ0v) is 12.0. The zero-order chi connectivity index (χ0) is 16.6. The molecule has 0 fully saturated rings. The summed E-state index contributed by atoms with van der Waals surface area (Å²) in [6.07, 6.45) is 1.35. The summed E-state index contributed by atoms with van der Waals surface area (Å²) in [4.78, 5) is 31.0. The van der Waals surface area contributed by atoms with Gasteiger partial charge in [0, 0.05) is 23.9 Å². The second-order valence-corrected chi connectivity index (χ2v) is 5.02. The number of aromatic hydroxyl groups is 1. The monoisotopic (exact) mass is 312 g/mol. The molecule has 0 amide bonds. The number of rotatable bonds is 3. The summed E-state index contributed by atoms with van der Waals surface area (Å²) < 4.78 is 0. The lowest BCUT2D eigenvalue weighted by molar-refractivity contribution is -0.384. The number of nitrogens with one attached hydrogen (secondary N) is 2. The predicted molar refractivity (Wildman–Crippen MR) is 85.7 cm³/mol. The van der Waals surface area contributed by atoms with Gasteiger partial charge < -0.3 is 15.1 Å². The molecule has 2 aromatic carbocycles. The fraction of sp³-hybridized carbons (Fsp3) is 0.0667. The molecule has 1 aromatic heterocycles. The molecule has 8 nitrogen and oxygen atoms in total. The van der Waals surface area contributed by atoms with E-state index in [1.165, 1.54) is 18.3 Å². The highest BCUT2D eigenvalue weighted by molar-refractivity contribution is 5.88. The molecule has 0 saturated carbocycles. The lowest BCUT2D eigenvalue weighted by Gasteiger charge is -2.03. The Bertz CT molecular complexity index is 1000. The Hall–Kier alpha value is -3.42. The summed E-state index contributed by atoms with van der Waals surface area (Å²) in [5, 5.41) is 20.9. The van der Waals surface area contributed by atoms with Gasteiger partial charge >= 0.3 is 5.69 Å². The summed E-state index contributed by atoms with van der Waals surface area (Å²) in [5.74, 6) is -0.0597. The Labute approximate surface area is 129 Å². The molecule has 0 bridgehead atoms. The van der Waals surface area contributed by atoms with Gasteiger partial charge in [-0.05, 0) is 30.7 Å². The molecule has 8 heteroatoms. The lowest BCUT2D eigenvalue weighted by atomic mass is 10.1. The molecule has 1 heterocycles. The van der Waals surface area contributed by atoms with Crippen LogP contribution in [0.25, 0.3) is 11.0 Å². The number of phenols is 1. The van der Waals surface area contributed by atoms with Crippen LogP contribution in [-0.4, -0.2) is 26.2 Å². The number of imidazole rings is 1. The third kappa shape index (κ3) is 2.82. The fourth-order valence-electron chi connectivity index (χ4n) is 2.24. The van der Waals surface area contributed by atoms with Crippen molar-refractivity contribution in [1.82, 2.24) is 9.97 Å². The van der Waals surface area contributed by atoms with Crippen molar-refractivity contribution in [2.24, 2.45) is 4.99 Å². The van der Waals surface area contributed by atoms with Crippen molar-refractivity contribution in [3.05, 3.63) is 62.1 Å². The number of hydrogen-bond donors (Lipinski definition) is 3. The van der Waals surface area contributed by atoms with E-state index in [0.717, 1.165) is 0 Å². The van der Waals surface area contributed by atoms with Crippen molar-refractivity contribution in [2.45, 2.75) is 6.92 Å². The van der Waals surface area contributed by atoms with Crippen LogP contribution < -0.4 is 5.69 Å². The van der Waals surface area contributed by atoms with Gasteiger partial charge in [0.25, 0.3) is 5.69 Å². The number of aromatic amines is 2. The minimum atomic E-state index is -0.527. The molecule has 0 spiro atoms. The molecule has 0 unspecified atom stereocenters. The highest BCUT2D eigenvalue weighted by Gasteiger charge is 2.12.